The number of aromatic nitrogens is 4. The maximum Gasteiger partial charge on any atom is 0.103 e. The molecule has 0 saturated heterocycles. The van der Waals surface area contributed by atoms with Gasteiger partial charge in [0.2, 0.25) is 0 Å². The van der Waals surface area contributed by atoms with Crippen molar-refractivity contribution in [2.24, 2.45) is 0 Å². The fourth-order valence-corrected chi connectivity index (χ4v) is 1.78. The second-order valence-electron chi connectivity index (χ2n) is 3.46. The van der Waals surface area contributed by atoms with E-state index in [0.717, 1.165) is 22.3 Å². The van der Waals surface area contributed by atoms with E-state index in [2.05, 4.69) is 20.2 Å². The van der Waals surface area contributed by atoms with E-state index in [1.165, 1.54) is 0 Å². The lowest BCUT2D eigenvalue weighted by Crippen LogP contribution is -1.86. The van der Waals surface area contributed by atoms with Crippen LogP contribution in [0.15, 0.2) is 36.7 Å². The summed E-state index contributed by atoms with van der Waals surface area (Å²) in [6.07, 6.45) is 3.54. The van der Waals surface area contributed by atoms with E-state index in [0.29, 0.717) is 4.64 Å². The Hall–Kier alpha value is -2.01. The van der Waals surface area contributed by atoms with Crippen molar-refractivity contribution in [1.82, 2.24) is 20.2 Å². The van der Waals surface area contributed by atoms with Crippen LogP contribution in [0, 0.1) is 4.64 Å². The van der Waals surface area contributed by atoms with Crippen molar-refractivity contribution in [3.63, 3.8) is 0 Å². The third kappa shape index (κ3) is 1.51. The van der Waals surface area contributed by atoms with E-state index in [9.17, 15) is 0 Å². The minimum atomic E-state index is 0.701. The zero-order valence-electron chi connectivity index (χ0n) is 8.27. The van der Waals surface area contributed by atoms with Gasteiger partial charge in [0.05, 0.1) is 29.3 Å². The molecule has 0 spiro atoms. The predicted octanol–water partition coefficient (Wildman–Crippen LogP) is 2.68. The lowest BCUT2D eigenvalue weighted by molar-refractivity contribution is 1.11. The van der Waals surface area contributed by atoms with Crippen molar-refractivity contribution in [2.45, 2.75) is 0 Å². The molecule has 3 aromatic rings. The Kier molecular flexibility index (Phi) is 2.04. The maximum absolute atomic E-state index is 5.08. The molecule has 3 heterocycles. The SMILES string of the molecule is S=c1cccc(-c2cc3cn[nH]c3cn2)[nH]1. The molecule has 4 nitrogen and oxygen atoms in total. The molecule has 3 rings (SSSR count). The maximum atomic E-state index is 5.08. The van der Waals surface area contributed by atoms with E-state index < -0.39 is 0 Å². The van der Waals surface area contributed by atoms with Crippen LogP contribution in [0.25, 0.3) is 22.3 Å². The number of fused-ring (bicyclic) bond motifs is 1. The van der Waals surface area contributed by atoms with Gasteiger partial charge in [0.25, 0.3) is 0 Å². The van der Waals surface area contributed by atoms with Crippen molar-refractivity contribution in [1.29, 1.82) is 0 Å². The molecule has 0 aliphatic rings. The van der Waals surface area contributed by atoms with E-state index in [-0.39, 0.29) is 0 Å². The molecule has 0 bridgehead atoms. The van der Waals surface area contributed by atoms with Crippen LogP contribution in [-0.2, 0) is 0 Å². The van der Waals surface area contributed by atoms with Crippen LogP contribution in [0.4, 0.5) is 0 Å². The molecule has 0 amide bonds. The Morgan fingerprint density at radius 2 is 2.12 bits per heavy atom. The molecule has 16 heavy (non-hydrogen) atoms. The third-order valence-electron chi connectivity index (χ3n) is 2.37. The number of hydrogen-bond donors (Lipinski definition) is 2. The van der Waals surface area contributed by atoms with Crippen molar-refractivity contribution >= 4 is 23.1 Å². The summed E-state index contributed by atoms with van der Waals surface area (Å²) in [4.78, 5) is 7.44. The second kappa shape index (κ2) is 3.53. The minimum Gasteiger partial charge on any atom is -0.345 e. The first-order valence-electron chi connectivity index (χ1n) is 4.82. The van der Waals surface area contributed by atoms with Crippen LogP contribution in [0.2, 0.25) is 0 Å². The molecule has 0 aliphatic heterocycles. The topological polar surface area (TPSA) is 57.4 Å². The highest BCUT2D eigenvalue weighted by Gasteiger charge is 2.02. The van der Waals surface area contributed by atoms with Gasteiger partial charge in [-0.05, 0) is 18.2 Å². The lowest BCUT2D eigenvalue weighted by Gasteiger charge is -2.00. The summed E-state index contributed by atoms with van der Waals surface area (Å²) < 4.78 is 0.701. The van der Waals surface area contributed by atoms with Crippen molar-refractivity contribution in [2.75, 3.05) is 0 Å². The Balaban J connectivity index is 2.21. The summed E-state index contributed by atoms with van der Waals surface area (Å²) in [5.41, 5.74) is 2.70. The van der Waals surface area contributed by atoms with Gasteiger partial charge in [-0.15, -0.1) is 0 Å². The largest absolute Gasteiger partial charge is 0.345 e. The highest BCUT2D eigenvalue weighted by Crippen LogP contribution is 2.18. The molecule has 0 aromatic carbocycles. The molecule has 5 heteroatoms. The zero-order chi connectivity index (χ0) is 11.0. The molecule has 0 saturated carbocycles. The van der Waals surface area contributed by atoms with Crippen molar-refractivity contribution in [3.05, 3.63) is 41.3 Å². The Morgan fingerprint density at radius 1 is 1.19 bits per heavy atom. The summed E-state index contributed by atoms with van der Waals surface area (Å²) in [7, 11) is 0. The van der Waals surface area contributed by atoms with E-state index in [1.54, 1.807) is 12.4 Å². The molecular formula is C11H8N4S. The van der Waals surface area contributed by atoms with Crippen molar-refractivity contribution in [3.8, 4) is 11.4 Å². The minimum absolute atomic E-state index is 0.701. The molecular weight excluding hydrogens is 220 g/mol. The average molecular weight is 228 g/mol. The molecule has 2 N–H and O–H groups in total. The quantitative estimate of drug-likeness (QED) is 0.629. The fraction of sp³-hybridized carbons (Fsp3) is 0. The standard InChI is InChI=1S/C11H8N4S/c16-11-3-1-2-8(14-11)9-4-7-5-13-15-10(7)6-12-9/h1-6H,(H,13,15)(H,14,16). The summed E-state index contributed by atoms with van der Waals surface area (Å²) in [5.74, 6) is 0. The highest BCUT2D eigenvalue weighted by molar-refractivity contribution is 7.71. The average Bonchev–Trinajstić information content (AvgIpc) is 2.75. The van der Waals surface area contributed by atoms with Gasteiger partial charge in [-0.2, -0.15) is 5.10 Å². The Labute approximate surface area is 96.4 Å². The number of nitrogens with one attached hydrogen (secondary N) is 2. The normalized spacial score (nSPS) is 10.8. The van der Waals surface area contributed by atoms with Gasteiger partial charge in [0, 0.05) is 5.39 Å². The van der Waals surface area contributed by atoms with Crippen molar-refractivity contribution < 1.29 is 0 Å². The molecule has 0 atom stereocenters. The fourth-order valence-electron chi connectivity index (χ4n) is 1.59. The summed E-state index contributed by atoms with van der Waals surface area (Å²) in [5, 5.41) is 7.86. The van der Waals surface area contributed by atoms with E-state index >= 15 is 0 Å². The van der Waals surface area contributed by atoms with Gasteiger partial charge >= 0.3 is 0 Å². The van der Waals surface area contributed by atoms with Crippen LogP contribution in [-0.4, -0.2) is 20.2 Å². The van der Waals surface area contributed by atoms with Gasteiger partial charge in [0.15, 0.2) is 0 Å². The van der Waals surface area contributed by atoms with Crippen LogP contribution >= 0.6 is 12.2 Å². The highest BCUT2D eigenvalue weighted by atomic mass is 32.1. The molecule has 0 fully saturated rings. The smallest absolute Gasteiger partial charge is 0.103 e. The van der Waals surface area contributed by atoms with Crippen LogP contribution in [0.1, 0.15) is 0 Å². The summed E-state index contributed by atoms with van der Waals surface area (Å²) in [6.45, 7) is 0. The molecule has 0 aliphatic carbocycles. The monoisotopic (exact) mass is 228 g/mol. The first-order chi connectivity index (χ1) is 7.83. The van der Waals surface area contributed by atoms with Gasteiger partial charge in [-0.3, -0.25) is 10.1 Å². The molecule has 3 aromatic heterocycles. The number of nitrogens with zero attached hydrogens (tertiary/aromatic N) is 2. The summed E-state index contributed by atoms with van der Waals surface area (Å²) in [6, 6.07) is 7.67. The summed E-state index contributed by atoms with van der Waals surface area (Å²) >= 11 is 5.08. The Morgan fingerprint density at radius 3 is 3.00 bits per heavy atom. The number of rotatable bonds is 1. The van der Waals surface area contributed by atoms with E-state index in [4.69, 9.17) is 12.2 Å². The third-order valence-corrected chi connectivity index (χ3v) is 2.61. The van der Waals surface area contributed by atoms with Crippen LogP contribution in [0.3, 0.4) is 0 Å². The first kappa shape index (κ1) is 9.23. The Bertz CT molecular complexity index is 698. The predicted molar refractivity (Wildman–Crippen MR) is 64.5 cm³/mol. The first-order valence-corrected chi connectivity index (χ1v) is 5.22. The molecule has 0 radical (unpaired) electrons. The van der Waals surface area contributed by atoms with Gasteiger partial charge < -0.3 is 4.98 Å². The lowest BCUT2D eigenvalue weighted by atomic mass is 10.2. The number of H-pyrrole nitrogens is 2. The second-order valence-corrected chi connectivity index (χ2v) is 3.90. The van der Waals surface area contributed by atoms with Gasteiger partial charge in [0.1, 0.15) is 4.64 Å². The van der Waals surface area contributed by atoms with Crippen LogP contribution in [0.5, 0.6) is 0 Å². The number of pyridine rings is 2. The van der Waals surface area contributed by atoms with Crippen LogP contribution < -0.4 is 0 Å². The number of aromatic amines is 2. The van der Waals surface area contributed by atoms with Gasteiger partial charge in [-0.25, -0.2) is 0 Å². The molecule has 78 valence electrons. The number of hydrogen-bond acceptors (Lipinski definition) is 3. The van der Waals surface area contributed by atoms with Gasteiger partial charge in [-0.1, -0.05) is 18.3 Å². The molecule has 0 unspecified atom stereocenters. The van der Waals surface area contributed by atoms with E-state index in [1.807, 2.05) is 24.3 Å². The zero-order valence-corrected chi connectivity index (χ0v) is 9.08.